The summed E-state index contributed by atoms with van der Waals surface area (Å²) < 4.78 is 24.4. The monoisotopic (exact) mass is 295 g/mol. The number of hydrogen-bond acceptors (Lipinski definition) is 4. The van der Waals surface area contributed by atoms with Crippen LogP contribution in [0.1, 0.15) is 6.42 Å². The van der Waals surface area contributed by atoms with E-state index in [4.69, 9.17) is 15.6 Å². The number of nitrogens with zero attached hydrogens (tertiary/aromatic N) is 1. The second kappa shape index (κ2) is 5.70. The normalized spacial score (nSPS) is 10.4. The standard InChI is InChI=1S/C17H10FNO3/c1-2-5-16(20)21-14-9-8-11(10-12(14)18)17-19-13-6-3-4-7-15(13)22-17/h1,3-4,6-10H,5H2. The summed E-state index contributed by atoms with van der Waals surface area (Å²) in [5.74, 6) is 0.876. The molecule has 0 aliphatic rings. The molecule has 1 heterocycles. The Balaban J connectivity index is 1.91. The molecular formula is C17H10FNO3. The van der Waals surface area contributed by atoms with Gasteiger partial charge in [-0.2, -0.15) is 0 Å². The summed E-state index contributed by atoms with van der Waals surface area (Å²) in [6, 6.07) is 11.3. The van der Waals surface area contributed by atoms with Crippen LogP contribution < -0.4 is 4.74 Å². The number of halogens is 1. The van der Waals surface area contributed by atoms with Crippen LogP contribution >= 0.6 is 0 Å². The second-order valence-electron chi connectivity index (χ2n) is 4.49. The van der Waals surface area contributed by atoms with E-state index < -0.39 is 11.8 Å². The molecule has 0 saturated heterocycles. The average Bonchev–Trinajstić information content (AvgIpc) is 2.93. The Labute approximate surface area is 125 Å². The predicted octanol–water partition coefficient (Wildman–Crippen LogP) is 3.56. The minimum absolute atomic E-state index is 0.180. The third-order valence-electron chi connectivity index (χ3n) is 2.94. The molecule has 3 aromatic rings. The number of para-hydroxylation sites is 2. The van der Waals surface area contributed by atoms with E-state index in [9.17, 15) is 9.18 Å². The van der Waals surface area contributed by atoms with Crippen LogP contribution in [0.3, 0.4) is 0 Å². The summed E-state index contributed by atoms with van der Waals surface area (Å²) in [6.07, 6.45) is 4.78. The van der Waals surface area contributed by atoms with Gasteiger partial charge in [0.1, 0.15) is 11.9 Å². The van der Waals surface area contributed by atoms with Crippen molar-refractivity contribution in [2.45, 2.75) is 6.42 Å². The lowest BCUT2D eigenvalue weighted by atomic mass is 10.2. The lowest BCUT2D eigenvalue weighted by molar-refractivity contribution is -0.133. The molecule has 3 rings (SSSR count). The highest BCUT2D eigenvalue weighted by Crippen LogP contribution is 2.28. The van der Waals surface area contributed by atoms with Crippen LogP contribution in [0.4, 0.5) is 4.39 Å². The quantitative estimate of drug-likeness (QED) is 0.421. The number of esters is 1. The van der Waals surface area contributed by atoms with E-state index in [0.29, 0.717) is 22.6 Å². The third kappa shape index (κ3) is 2.67. The summed E-state index contributed by atoms with van der Waals surface area (Å²) >= 11 is 0. The molecule has 0 spiro atoms. The van der Waals surface area contributed by atoms with Gasteiger partial charge in [-0.15, -0.1) is 6.42 Å². The molecule has 0 bridgehead atoms. The van der Waals surface area contributed by atoms with Crippen molar-refractivity contribution in [3.8, 4) is 29.5 Å². The molecule has 0 saturated carbocycles. The molecule has 0 atom stereocenters. The Kier molecular flexibility index (Phi) is 3.58. The van der Waals surface area contributed by atoms with Gasteiger partial charge in [0.15, 0.2) is 17.1 Å². The molecule has 108 valence electrons. The van der Waals surface area contributed by atoms with Gasteiger partial charge in [-0.25, -0.2) is 9.37 Å². The lowest BCUT2D eigenvalue weighted by Gasteiger charge is -2.04. The molecular weight excluding hydrogens is 285 g/mol. The first-order valence-corrected chi connectivity index (χ1v) is 6.47. The van der Waals surface area contributed by atoms with E-state index in [2.05, 4.69) is 10.9 Å². The average molecular weight is 295 g/mol. The zero-order valence-electron chi connectivity index (χ0n) is 11.4. The van der Waals surface area contributed by atoms with Gasteiger partial charge in [0.25, 0.3) is 0 Å². The highest BCUT2D eigenvalue weighted by molar-refractivity contribution is 5.77. The van der Waals surface area contributed by atoms with Crippen LogP contribution in [0.25, 0.3) is 22.6 Å². The van der Waals surface area contributed by atoms with Gasteiger partial charge in [-0.05, 0) is 30.3 Å². The number of ether oxygens (including phenoxy) is 1. The van der Waals surface area contributed by atoms with Gasteiger partial charge < -0.3 is 9.15 Å². The number of oxazole rings is 1. The van der Waals surface area contributed by atoms with E-state index in [0.717, 1.165) is 0 Å². The number of benzene rings is 2. The summed E-state index contributed by atoms with van der Waals surface area (Å²) in [5, 5.41) is 0. The second-order valence-corrected chi connectivity index (χ2v) is 4.49. The molecule has 0 fully saturated rings. The molecule has 2 aromatic carbocycles. The molecule has 5 heteroatoms. The first kappa shape index (κ1) is 13.8. The van der Waals surface area contributed by atoms with Crippen molar-refractivity contribution in [3.05, 3.63) is 48.3 Å². The van der Waals surface area contributed by atoms with Crippen molar-refractivity contribution in [2.24, 2.45) is 0 Å². The lowest BCUT2D eigenvalue weighted by Crippen LogP contribution is -2.07. The van der Waals surface area contributed by atoms with Gasteiger partial charge in [0.2, 0.25) is 5.89 Å². The summed E-state index contributed by atoms with van der Waals surface area (Å²) in [6.45, 7) is 0. The van der Waals surface area contributed by atoms with E-state index in [1.54, 1.807) is 18.2 Å². The number of rotatable bonds is 3. The van der Waals surface area contributed by atoms with E-state index in [-0.39, 0.29) is 12.2 Å². The Morgan fingerprint density at radius 1 is 1.32 bits per heavy atom. The van der Waals surface area contributed by atoms with Crippen LogP contribution in [0.15, 0.2) is 46.9 Å². The van der Waals surface area contributed by atoms with E-state index >= 15 is 0 Å². The van der Waals surface area contributed by atoms with E-state index in [1.807, 2.05) is 12.1 Å². The van der Waals surface area contributed by atoms with Crippen LogP contribution in [-0.4, -0.2) is 11.0 Å². The molecule has 0 aliphatic heterocycles. The van der Waals surface area contributed by atoms with Crippen molar-refractivity contribution in [2.75, 3.05) is 0 Å². The Hall–Kier alpha value is -3.13. The molecule has 4 nitrogen and oxygen atoms in total. The van der Waals surface area contributed by atoms with Crippen molar-refractivity contribution in [3.63, 3.8) is 0 Å². The van der Waals surface area contributed by atoms with Gasteiger partial charge in [-0.3, -0.25) is 4.79 Å². The fourth-order valence-electron chi connectivity index (χ4n) is 1.95. The number of aromatic nitrogens is 1. The predicted molar refractivity (Wildman–Crippen MR) is 78.5 cm³/mol. The Bertz CT molecular complexity index is 859. The topological polar surface area (TPSA) is 52.3 Å². The highest BCUT2D eigenvalue weighted by Gasteiger charge is 2.13. The molecule has 0 radical (unpaired) electrons. The van der Waals surface area contributed by atoms with Crippen molar-refractivity contribution < 1.29 is 18.3 Å². The minimum Gasteiger partial charge on any atom is -0.436 e. The van der Waals surface area contributed by atoms with Gasteiger partial charge in [0.05, 0.1) is 0 Å². The maximum Gasteiger partial charge on any atom is 0.323 e. The van der Waals surface area contributed by atoms with E-state index in [1.165, 1.54) is 12.1 Å². The number of hydrogen-bond donors (Lipinski definition) is 0. The summed E-state index contributed by atoms with van der Waals surface area (Å²) in [4.78, 5) is 15.6. The maximum atomic E-state index is 14.0. The van der Waals surface area contributed by atoms with Gasteiger partial charge in [-0.1, -0.05) is 18.1 Å². The van der Waals surface area contributed by atoms with Crippen LogP contribution in [0.2, 0.25) is 0 Å². The highest BCUT2D eigenvalue weighted by atomic mass is 19.1. The number of fused-ring (bicyclic) bond motifs is 1. The zero-order valence-corrected chi connectivity index (χ0v) is 11.4. The van der Waals surface area contributed by atoms with Gasteiger partial charge in [0, 0.05) is 5.56 Å². The van der Waals surface area contributed by atoms with Crippen molar-refractivity contribution in [1.29, 1.82) is 0 Å². The molecule has 0 aliphatic carbocycles. The zero-order chi connectivity index (χ0) is 15.5. The number of carbonyl (C=O) groups is 1. The van der Waals surface area contributed by atoms with Crippen molar-refractivity contribution >= 4 is 17.1 Å². The van der Waals surface area contributed by atoms with Crippen LogP contribution in [0.5, 0.6) is 5.75 Å². The number of carbonyl (C=O) groups excluding carboxylic acids is 1. The smallest absolute Gasteiger partial charge is 0.323 e. The van der Waals surface area contributed by atoms with Crippen LogP contribution in [-0.2, 0) is 4.79 Å². The molecule has 0 unspecified atom stereocenters. The largest absolute Gasteiger partial charge is 0.436 e. The Morgan fingerprint density at radius 3 is 2.86 bits per heavy atom. The van der Waals surface area contributed by atoms with Gasteiger partial charge >= 0.3 is 5.97 Å². The maximum absolute atomic E-state index is 14.0. The fourth-order valence-corrected chi connectivity index (χ4v) is 1.95. The molecule has 0 N–H and O–H groups in total. The third-order valence-corrected chi connectivity index (χ3v) is 2.94. The first-order valence-electron chi connectivity index (χ1n) is 6.47. The fraction of sp³-hybridized carbons (Fsp3) is 0.0588. The Morgan fingerprint density at radius 2 is 2.14 bits per heavy atom. The van der Waals surface area contributed by atoms with Crippen LogP contribution in [0, 0.1) is 18.2 Å². The SMILES string of the molecule is C#CCC(=O)Oc1ccc(-c2nc3ccccc3o2)cc1F. The summed E-state index contributed by atoms with van der Waals surface area (Å²) in [7, 11) is 0. The number of terminal acetylenes is 1. The first-order chi connectivity index (χ1) is 10.7. The van der Waals surface area contributed by atoms with Crippen molar-refractivity contribution in [1.82, 2.24) is 4.98 Å². The molecule has 22 heavy (non-hydrogen) atoms. The molecule has 0 amide bonds. The summed E-state index contributed by atoms with van der Waals surface area (Å²) in [5.41, 5.74) is 1.75. The minimum atomic E-state index is -0.690. The molecule has 1 aromatic heterocycles.